The first-order chi connectivity index (χ1) is 10.2. The van der Waals surface area contributed by atoms with Crippen molar-refractivity contribution in [2.75, 3.05) is 6.61 Å². The zero-order valence-electron chi connectivity index (χ0n) is 12.0. The molecule has 110 valence electrons. The lowest BCUT2D eigenvalue weighted by atomic mass is 9.96. The minimum atomic E-state index is -0.120. The van der Waals surface area contributed by atoms with E-state index >= 15 is 0 Å². The summed E-state index contributed by atoms with van der Waals surface area (Å²) in [6, 6.07) is 7.95. The maximum Gasteiger partial charge on any atom is 0.227 e. The van der Waals surface area contributed by atoms with Crippen molar-refractivity contribution in [1.82, 2.24) is 14.9 Å². The molecule has 0 bridgehead atoms. The molecule has 5 nitrogen and oxygen atoms in total. The number of rotatable bonds is 4. The number of nitrogens with zero attached hydrogens (tertiary/aromatic N) is 2. The molecule has 0 unspecified atom stereocenters. The van der Waals surface area contributed by atoms with Gasteiger partial charge < -0.3 is 14.6 Å². The zero-order valence-corrected chi connectivity index (χ0v) is 12.0. The predicted molar refractivity (Wildman–Crippen MR) is 79.0 cm³/mol. The van der Waals surface area contributed by atoms with Crippen molar-refractivity contribution in [1.29, 1.82) is 0 Å². The molecule has 3 rings (SSSR count). The third-order valence-electron chi connectivity index (χ3n) is 3.68. The number of amides is 1. The summed E-state index contributed by atoms with van der Waals surface area (Å²) in [5, 5.41) is 3.05. The number of para-hydroxylation sites is 1. The Morgan fingerprint density at radius 2 is 2.38 bits per heavy atom. The van der Waals surface area contributed by atoms with E-state index in [4.69, 9.17) is 4.74 Å². The van der Waals surface area contributed by atoms with E-state index in [-0.39, 0.29) is 17.9 Å². The van der Waals surface area contributed by atoms with E-state index in [0.717, 1.165) is 24.3 Å². The van der Waals surface area contributed by atoms with Crippen LogP contribution in [0.2, 0.25) is 0 Å². The topological polar surface area (TPSA) is 56.2 Å². The van der Waals surface area contributed by atoms with Crippen LogP contribution in [0.15, 0.2) is 43.0 Å². The Balaban J connectivity index is 1.56. The normalized spacial score (nSPS) is 18.4. The van der Waals surface area contributed by atoms with Gasteiger partial charge in [0, 0.05) is 25.0 Å². The summed E-state index contributed by atoms with van der Waals surface area (Å²) in [7, 11) is 0. The van der Waals surface area contributed by atoms with Crippen molar-refractivity contribution in [3.63, 3.8) is 0 Å². The van der Waals surface area contributed by atoms with E-state index in [1.54, 1.807) is 12.5 Å². The molecular weight excluding hydrogens is 266 g/mol. The van der Waals surface area contributed by atoms with Gasteiger partial charge in [0.25, 0.3) is 0 Å². The minimum absolute atomic E-state index is 0.0529. The number of imidazole rings is 1. The van der Waals surface area contributed by atoms with Crippen molar-refractivity contribution in [3.05, 3.63) is 48.5 Å². The molecule has 2 atom stereocenters. The van der Waals surface area contributed by atoms with Gasteiger partial charge in [-0.15, -0.1) is 0 Å². The smallest absolute Gasteiger partial charge is 0.227 e. The monoisotopic (exact) mass is 285 g/mol. The average Bonchev–Trinajstić information content (AvgIpc) is 2.99. The summed E-state index contributed by atoms with van der Waals surface area (Å²) in [5.74, 6) is 0.829. The summed E-state index contributed by atoms with van der Waals surface area (Å²) in [5.41, 5.74) is 1.10. The molecule has 1 N–H and O–H groups in total. The fourth-order valence-electron chi connectivity index (χ4n) is 2.61. The fraction of sp³-hybridized carbons (Fsp3) is 0.375. The Morgan fingerprint density at radius 1 is 1.52 bits per heavy atom. The molecule has 2 aromatic rings. The third-order valence-corrected chi connectivity index (χ3v) is 3.68. The molecule has 1 aromatic carbocycles. The Labute approximate surface area is 124 Å². The quantitative estimate of drug-likeness (QED) is 0.929. The molecule has 1 amide bonds. The fourth-order valence-corrected chi connectivity index (χ4v) is 2.61. The van der Waals surface area contributed by atoms with Gasteiger partial charge >= 0.3 is 0 Å². The number of hydrogen-bond donors (Lipinski definition) is 1. The molecule has 0 spiro atoms. The van der Waals surface area contributed by atoms with Gasteiger partial charge in [-0.25, -0.2) is 4.98 Å². The molecule has 2 heterocycles. The van der Waals surface area contributed by atoms with Crippen LogP contribution < -0.4 is 10.1 Å². The van der Waals surface area contributed by atoms with Crippen molar-refractivity contribution in [2.45, 2.75) is 25.9 Å². The van der Waals surface area contributed by atoms with Gasteiger partial charge in [0.05, 0.1) is 12.2 Å². The molecule has 21 heavy (non-hydrogen) atoms. The minimum Gasteiger partial charge on any atom is -0.492 e. The molecule has 0 saturated heterocycles. The predicted octanol–water partition coefficient (Wildman–Crippen LogP) is 1.64. The van der Waals surface area contributed by atoms with Gasteiger partial charge in [0.1, 0.15) is 12.4 Å². The number of benzene rings is 1. The second kappa shape index (κ2) is 5.99. The molecule has 0 fully saturated rings. The average molecular weight is 285 g/mol. The first kappa shape index (κ1) is 13.7. The standard InChI is InChI=1S/C16H19N3O2/c1-12(9-19-7-6-17-11-19)18-16(20)14-8-13-4-2-3-5-15(13)21-10-14/h2-7,11-12,14H,8-10H2,1H3,(H,18,20)/t12-,14+/m0/s1. The number of carbonyl (C=O) groups excluding carboxylic acids is 1. The van der Waals surface area contributed by atoms with E-state index in [2.05, 4.69) is 10.3 Å². The number of hydrogen-bond acceptors (Lipinski definition) is 3. The van der Waals surface area contributed by atoms with Crippen molar-refractivity contribution in [3.8, 4) is 5.75 Å². The summed E-state index contributed by atoms with van der Waals surface area (Å²) in [4.78, 5) is 16.3. The SMILES string of the molecule is C[C@@H](Cn1ccnc1)NC(=O)[C@H]1COc2ccccc2C1. The molecule has 0 radical (unpaired) electrons. The number of carbonyl (C=O) groups is 1. The van der Waals surface area contributed by atoms with Gasteiger partial charge in [0.15, 0.2) is 0 Å². The first-order valence-corrected chi connectivity index (χ1v) is 7.19. The summed E-state index contributed by atoms with van der Waals surface area (Å²) in [6.45, 7) is 3.16. The maximum absolute atomic E-state index is 12.3. The molecule has 1 aliphatic heterocycles. The van der Waals surface area contributed by atoms with E-state index in [0.29, 0.717) is 6.61 Å². The zero-order chi connectivity index (χ0) is 14.7. The van der Waals surface area contributed by atoms with Crippen LogP contribution in [0.25, 0.3) is 0 Å². The van der Waals surface area contributed by atoms with Crippen LogP contribution in [0.1, 0.15) is 12.5 Å². The van der Waals surface area contributed by atoms with Crippen molar-refractivity contribution < 1.29 is 9.53 Å². The van der Waals surface area contributed by atoms with E-state index in [9.17, 15) is 4.79 Å². The summed E-state index contributed by atoms with van der Waals surface area (Å²) < 4.78 is 7.62. The molecule has 0 aliphatic carbocycles. The highest BCUT2D eigenvalue weighted by Crippen LogP contribution is 2.26. The second-order valence-corrected chi connectivity index (χ2v) is 5.49. The lowest BCUT2D eigenvalue weighted by molar-refractivity contribution is -0.127. The summed E-state index contributed by atoms with van der Waals surface area (Å²) >= 11 is 0. The maximum atomic E-state index is 12.3. The number of aromatic nitrogens is 2. The highest BCUT2D eigenvalue weighted by atomic mass is 16.5. The second-order valence-electron chi connectivity index (χ2n) is 5.49. The third kappa shape index (κ3) is 3.24. The van der Waals surface area contributed by atoms with Gasteiger partial charge in [-0.3, -0.25) is 4.79 Å². The molecular formula is C16H19N3O2. The lowest BCUT2D eigenvalue weighted by Crippen LogP contribution is -2.42. The number of ether oxygens (including phenoxy) is 1. The van der Waals surface area contributed by atoms with Gasteiger partial charge in [-0.2, -0.15) is 0 Å². The molecule has 1 aliphatic rings. The van der Waals surface area contributed by atoms with E-state index in [1.807, 2.05) is 42.0 Å². The van der Waals surface area contributed by atoms with Crippen LogP contribution in [0, 0.1) is 5.92 Å². The highest BCUT2D eigenvalue weighted by molar-refractivity contribution is 5.79. The first-order valence-electron chi connectivity index (χ1n) is 7.19. The molecule has 1 aromatic heterocycles. The van der Waals surface area contributed by atoms with E-state index < -0.39 is 0 Å². The van der Waals surface area contributed by atoms with Gasteiger partial charge in [-0.1, -0.05) is 18.2 Å². The number of nitrogens with one attached hydrogen (secondary N) is 1. The lowest BCUT2D eigenvalue weighted by Gasteiger charge is -2.26. The van der Waals surface area contributed by atoms with Gasteiger partial charge in [0.2, 0.25) is 5.91 Å². The van der Waals surface area contributed by atoms with E-state index in [1.165, 1.54) is 0 Å². The van der Waals surface area contributed by atoms with Crippen LogP contribution in [0.3, 0.4) is 0 Å². The molecule has 5 heteroatoms. The van der Waals surface area contributed by atoms with Crippen LogP contribution >= 0.6 is 0 Å². The number of fused-ring (bicyclic) bond motifs is 1. The van der Waals surface area contributed by atoms with Crippen molar-refractivity contribution in [2.24, 2.45) is 5.92 Å². The summed E-state index contributed by atoms with van der Waals surface area (Å²) in [6.07, 6.45) is 6.12. The largest absolute Gasteiger partial charge is 0.492 e. The Hall–Kier alpha value is -2.30. The van der Waals surface area contributed by atoms with Crippen molar-refractivity contribution >= 4 is 5.91 Å². The highest BCUT2D eigenvalue weighted by Gasteiger charge is 2.26. The van der Waals surface area contributed by atoms with Crippen LogP contribution in [-0.2, 0) is 17.8 Å². The van der Waals surface area contributed by atoms with Crippen LogP contribution in [0.4, 0.5) is 0 Å². The van der Waals surface area contributed by atoms with Crippen LogP contribution in [0.5, 0.6) is 5.75 Å². The Kier molecular flexibility index (Phi) is 3.90. The van der Waals surface area contributed by atoms with Crippen LogP contribution in [-0.4, -0.2) is 28.1 Å². The Bertz CT molecular complexity index is 610. The Morgan fingerprint density at radius 3 is 3.19 bits per heavy atom. The van der Waals surface area contributed by atoms with Gasteiger partial charge in [-0.05, 0) is 25.0 Å². The molecule has 0 saturated carbocycles.